The molecule has 0 amide bonds. The van der Waals surface area contributed by atoms with Crippen molar-refractivity contribution in [2.24, 2.45) is 0 Å². The van der Waals surface area contributed by atoms with Gasteiger partial charge in [0.05, 0.1) is 0 Å². The molecule has 0 fully saturated rings. The van der Waals surface area contributed by atoms with Gasteiger partial charge in [0, 0.05) is 5.02 Å². The van der Waals surface area contributed by atoms with Crippen LogP contribution in [0.5, 0.6) is 0 Å². The van der Waals surface area contributed by atoms with Crippen LogP contribution in [0.15, 0.2) is 18.2 Å². The minimum absolute atomic E-state index is 0.909. The van der Waals surface area contributed by atoms with Gasteiger partial charge in [-0.3, -0.25) is 0 Å². The van der Waals surface area contributed by atoms with Gasteiger partial charge in [0.1, 0.15) is 0 Å². The van der Waals surface area contributed by atoms with E-state index in [2.05, 4.69) is 26.0 Å². The van der Waals surface area contributed by atoms with Crippen molar-refractivity contribution < 1.29 is 0 Å². The highest BCUT2D eigenvalue weighted by Crippen LogP contribution is 2.18. The van der Waals surface area contributed by atoms with E-state index in [-0.39, 0.29) is 0 Å². The lowest BCUT2D eigenvalue weighted by Crippen LogP contribution is -1.84. The molecule has 0 aliphatic carbocycles. The van der Waals surface area contributed by atoms with Crippen molar-refractivity contribution in [1.82, 2.24) is 0 Å². The number of rotatable bonds is 2. The van der Waals surface area contributed by atoms with E-state index in [1.165, 1.54) is 11.1 Å². The van der Waals surface area contributed by atoms with Gasteiger partial charge in [-0.05, 0) is 30.5 Å². The third-order valence-corrected chi connectivity index (χ3v) is 2.08. The summed E-state index contributed by atoms with van der Waals surface area (Å²) >= 11 is 6.01. The second kappa shape index (κ2) is 3.77. The Kier molecular flexibility index (Phi) is 2.95. The topological polar surface area (TPSA) is 0 Å². The largest absolute Gasteiger partial charge is 0.0840 e. The van der Waals surface area contributed by atoms with Gasteiger partial charge in [-0.25, -0.2) is 0 Å². The van der Waals surface area contributed by atoms with E-state index in [9.17, 15) is 0 Å². The zero-order valence-corrected chi connectivity index (χ0v) is 7.78. The fourth-order valence-electron chi connectivity index (χ4n) is 1.12. The molecule has 0 saturated heterocycles. The van der Waals surface area contributed by atoms with Crippen LogP contribution in [0.25, 0.3) is 0 Å². The van der Waals surface area contributed by atoms with Crippen molar-refractivity contribution in [1.29, 1.82) is 0 Å². The fourth-order valence-corrected chi connectivity index (χ4v) is 1.45. The number of halogens is 1. The molecule has 1 aromatic carbocycles. The molecule has 0 saturated carbocycles. The predicted molar refractivity (Wildman–Crippen MR) is 50.2 cm³/mol. The van der Waals surface area contributed by atoms with E-state index in [4.69, 9.17) is 11.6 Å². The van der Waals surface area contributed by atoms with E-state index >= 15 is 0 Å². The molecule has 1 rings (SSSR count). The molecule has 0 heterocycles. The molecule has 1 heteroatoms. The third kappa shape index (κ3) is 2.23. The molecule has 0 aliphatic heterocycles. The van der Waals surface area contributed by atoms with Crippen LogP contribution in [0.2, 0.25) is 5.02 Å². The second-order valence-electron chi connectivity index (χ2n) is 2.84. The normalized spacial score (nSPS) is 10.1. The van der Waals surface area contributed by atoms with Gasteiger partial charge >= 0.3 is 0 Å². The van der Waals surface area contributed by atoms with Gasteiger partial charge < -0.3 is 0 Å². The van der Waals surface area contributed by atoms with Gasteiger partial charge in [0.15, 0.2) is 0 Å². The first-order valence-corrected chi connectivity index (χ1v) is 4.37. The van der Waals surface area contributed by atoms with Crippen LogP contribution in [0.3, 0.4) is 0 Å². The maximum atomic E-state index is 6.01. The van der Waals surface area contributed by atoms with E-state index in [1.807, 2.05) is 6.07 Å². The number of aryl methyl sites for hydroxylation is 2. The van der Waals surface area contributed by atoms with Gasteiger partial charge in [-0.1, -0.05) is 37.1 Å². The summed E-state index contributed by atoms with van der Waals surface area (Å²) in [6.07, 6.45) is 2.24. The summed E-state index contributed by atoms with van der Waals surface area (Å²) in [5, 5.41) is 0.909. The standard InChI is InChI=1S/C10H13Cl/c1-3-4-9-6-5-8(2)7-10(9)11/h5-7H,3-4H2,1-2H3. The van der Waals surface area contributed by atoms with Crippen molar-refractivity contribution in [3.8, 4) is 0 Å². The Morgan fingerprint density at radius 1 is 1.36 bits per heavy atom. The molecule has 11 heavy (non-hydrogen) atoms. The zero-order chi connectivity index (χ0) is 8.27. The Balaban J connectivity index is 2.90. The highest BCUT2D eigenvalue weighted by molar-refractivity contribution is 6.31. The molecule has 0 aromatic heterocycles. The summed E-state index contributed by atoms with van der Waals surface area (Å²) in [4.78, 5) is 0. The quantitative estimate of drug-likeness (QED) is 0.633. The molecule has 0 bridgehead atoms. The highest BCUT2D eigenvalue weighted by Gasteiger charge is 1.97. The Hall–Kier alpha value is -0.490. The van der Waals surface area contributed by atoms with Crippen molar-refractivity contribution in [2.45, 2.75) is 26.7 Å². The Morgan fingerprint density at radius 2 is 2.09 bits per heavy atom. The lowest BCUT2D eigenvalue weighted by atomic mass is 10.1. The summed E-state index contributed by atoms with van der Waals surface area (Å²) < 4.78 is 0. The van der Waals surface area contributed by atoms with E-state index in [0.29, 0.717) is 0 Å². The van der Waals surface area contributed by atoms with Crippen LogP contribution in [0.4, 0.5) is 0 Å². The van der Waals surface area contributed by atoms with Crippen LogP contribution in [-0.4, -0.2) is 0 Å². The lowest BCUT2D eigenvalue weighted by molar-refractivity contribution is 0.921. The van der Waals surface area contributed by atoms with Crippen LogP contribution in [-0.2, 0) is 6.42 Å². The van der Waals surface area contributed by atoms with Gasteiger partial charge in [0.25, 0.3) is 0 Å². The Bertz CT molecular complexity index is 241. The van der Waals surface area contributed by atoms with Gasteiger partial charge in [-0.2, -0.15) is 0 Å². The van der Waals surface area contributed by atoms with Gasteiger partial charge in [0.2, 0.25) is 0 Å². The first-order valence-electron chi connectivity index (χ1n) is 3.99. The second-order valence-corrected chi connectivity index (χ2v) is 3.25. The number of benzene rings is 1. The Labute approximate surface area is 73.2 Å². The van der Waals surface area contributed by atoms with E-state index in [0.717, 1.165) is 17.9 Å². The van der Waals surface area contributed by atoms with Crippen LogP contribution < -0.4 is 0 Å². The molecular formula is C10H13Cl. The monoisotopic (exact) mass is 168 g/mol. The molecule has 0 N–H and O–H groups in total. The smallest absolute Gasteiger partial charge is 0.0440 e. The van der Waals surface area contributed by atoms with Crippen LogP contribution in [0, 0.1) is 6.92 Å². The highest BCUT2D eigenvalue weighted by atomic mass is 35.5. The molecule has 0 nitrogen and oxygen atoms in total. The van der Waals surface area contributed by atoms with Crippen molar-refractivity contribution in [3.05, 3.63) is 34.3 Å². The van der Waals surface area contributed by atoms with E-state index in [1.54, 1.807) is 0 Å². The SMILES string of the molecule is CCCc1ccc(C)cc1Cl. The molecule has 0 unspecified atom stereocenters. The Morgan fingerprint density at radius 3 is 2.64 bits per heavy atom. The number of hydrogen-bond acceptors (Lipinski definition) is 0. The summed E-state index contributed by atoms with van der Waals surface area (Å²) in [7, 11) is 0. The molecular weight excluding hydrogens is 156 g/mol. The minimum Gasteiger partial charge on any atom is -0.0840 e. The summed E-state index contributed by atoms with van der Waals surface area (Å²) in [6, 6.07) is 6.24. The van der Waals surface area contributed by atoms with Crippen LogP contribution in [0.1, 0.15) is 24.5 Å². The maximum absolute atomic E-state index is 6.01. The predicted octanol–water partition coefficient (Wildman–Crippen LogP) is 3.60. The molecule has 0 radical (unpaired) electrons. The minimum atomic E-state index is 0.909. The molecule has 1 aromatic rings. The maximum Gasteiger partial charge on any atom is 0.0440 e. The van der Waals surface area contributed by atoms with Crippen molar-refractivity contribution in [2.75, 3.05) is 0 Å². The molecule has 0 aliphatic rings. The lowest BCUT2D eigenvalue weighted by Gasteiger charge is -2.02. The average Bonchev–Trinajstić information content (AvgIpc) is 1.95. The van der Waals surface area contributed by atoms with Crippen LogP contribution >= 0.6 is 11.6 Å². The first-order chi connectivity index (χ1) is 5.24. The summed E-state index contributed by atoms with van der Waals surface area (Å²) in [6.45, 7) is 4.22. The summed E-state index contributed by atoms with van der Waals surface area (Å²) in [5.74, 6) is 0. The zero-order valence-electron chi connectivity index (χ0n) is 7.02. The van der Waals surface area contributed by atoms with E-state index < -0.39 is 0 Å². The molecule has 0 atom stereocenters. The molecule has 0 spiro atoms. The third-order valence-electron chi connectivity index (χ3n) is 1.73. The number of hydrogen-bond donors (Lipinski definition) is 0. The van der Waals surface area contributed by atoms with Gasteiger partial charge in [-0.15, -0.1) is 0 Å². The fraction of sp³-hybridized carbons (Fsp3) is 0.400. The first kappa shape index (κ1) is 8.61. The summed E-state index contributed by atoms with van der Waals surface area (Å²) in [5.41, 5.74) is 2.50. The van der Waals surface area contributed by atoms with Crippen molar-refractivity contribution in [3.63, 3.8) is 0 Å². The average molecular weight is 169 g/mol. The van der Waals surface area contributed by atoms with Crippen molar-refractivity contribution >= 4 is 11.6 Å². The molecule has 60 valence electrons.